The van der Waals surface area contributed by atoms with Gasteiger partial charge in [-0.3, -0.25) is 14.9 Å². The summed E-state index contributed by atoms with van der Waals surface area (Å²) in [6.07, 6.45) is 2.94. The summed E-state index contributed by atoms with van der Waals surface area (Å²) in [6.45, 7) is -0.568. The first-order chi connectivity index (χ1) is 14.7. The van der Waals surface area contributed by atoms with Crippen LogP contribution >= 0.6 is 11.6 Å². The predicted octanol–water partition coefficient (Wildman–Crippen LogP) is 2.30. The third kappa shape index (κ3) is 3.20. The maximum Gasteiger partial charge on any atom is 0.325 e. The highest BCUT2D eigenvalue weighted by Crippen LogP contribution is 2.60. The molecular weight excluding hydrogens is 432 g/mol. The number of nitrogens with one attached hydrogen (secondary N) is 1. The zero-order valence-corrected chi connectivity index (χ0v) is 17.5. The number of imide groups is 1. The number of carbonyl (C=O) groups excluding carboxylic acids is 3. The van der Waals surface area contributed by atoms with Crippen molar-refractivity contribution in [3.8, 4) is 0 Å². The fraction of sp³-hybridized carbons (Fsp3) is 0.571. The van der Waals surface area contributed by atoms with Gasteiger partial charge in [0.1, 0.15) is 17.2 Å². The highest BCUT2D eigenvalue weighted by Gasteiger charge is 2.70. The van der Waals surface area contributed by atoms with Crippen molar-refractivity contribution in [1.29, 1.82) is 0 Å². The van der Waals surface area contributed by atoms with E-state index >= 15 is 8.78 Å². The van der Waals surface area contributed by atoms with Crippen LogP contribution < -0.4 is 11.1 Å². The topological polar surface area (TPSA) is 113 Å². The lowest BCUT2D eigenvalue weighted by atomic mass is 9.50. The molecular formula is C21H24ClF2N3O4. The summed E-state index contributed by atoms with van der Waals surface area (Å²) in [7, 11) is 0. The van der Waals surface area contributed by atoms with Gasteiger partial charge in [-0.15, -0.1) is 0 Å². The van der Waals surface area contributed by atoms with Gasteiger partial charge in [0.15, 0.2) is 0 Å². The molecule has 31 heavy (non-hydrogen) atoms. The molecule has 4 rings (SSSR count). The quantitative estimate of drug-likeness (QED) is 0.451. The van der Waals surface area contributed by atoms with Crippen LogP contribution in [0.2, 0.25) is 5.02 Å². The number of carbonyl (C=O) groups is 3. The first-order valence-electron chi connectivity index (χ1n) is 10.4. The molecule has 0 bridgehead atoms. The van der Waals surface area contributed by atoms with E-state index in [1.165, 1.54) is 4.90 Å². The molecule has 4 atom stereocenters. The molecule has 1 spiro atoms. The van der Waals surface area contributed by atoms with Crippen molar-refractivity contribution in [2.24, 2.45) is 23.5 Å². The van der Waals surface area contributed by atoms with E-state index in [1.54, 1.807) is 0 Å². The third-order valence-corrected chi connectivity index (χ3v) is 7.54. The van der Waals surface area contributed by atoms with Gasteiger partial charge in [-0.1, -0.05) is 24.4 Å². The van der Waals surface area contributed by atoms with Crippen LogP contribution in [0.3, 0.4) is 0 Å². The second-order valence-electron chi connectivity index (χ2n) is 8.62. The van der Waals surface area contributed by atoms with Crippen molar-refractivity contribution in [2.45, 2.75) is 43.6 Å². The van der Waals surface area contributed by atoms with E-state index in [0.29, 0.717) is 12.8 Å². The van der Waals surface area contributed by atoms with Gasteiger partial charge in [0.05, 0.1) is 11.6 Å². The van der Waals surface area contributed by atoms with Crippen molar-refractivity contribution in [3.05, 3.63) is 34.4 Å². The van der Waals surface area contributed by atoms with Gasteiger partial charge < -0.3 is 15.7 Å². The lowest BCUT2D eigenvalue weighted by molar-refractivity contribution is -0.155. The van der Waals surface area contributed by atoms with Crippen LogP contribution in [0.5, 0.6) is 0 Å². The standard InChI is InChI=1S/C21H24ClF2N3O4/c22-12-5-6-13(23)15(17(12)24)14(10-3-1-2-4-10)16-11(18(25)29)9-21(16)19(30)26-20(31)27(21)7-8-28/h5-6,10-11,14,16,28H,1-4,7-9H2,(H2,25,29)(H,26,30,31)/t11?,14-,16?,21?/m1/s1. The number of primary amides is 1. The van der Waals surface area contributed by atoms with Crippen LogP contribution in [0.25, 0.3) is 0 Å². The van der Waals surface area contributed by atoms with E-state index in [9.17, 15) is 19.5 Å². The second kappa shape index (κ2) is 8.02. The lowest BCUT2D eigenvalue weighted by Crippen LogP contribution is -2.70. The minimum absolute atomic E-state index is 0.0579. The van der Waals surface area contributed by atoms with Gasteiger partial charge in [-0.25, -0.2) is 13.6 Å². The molecule has 4 N–H and O–H groups in total. The van der Waals surface area contributed by atoms with Crippen molar-refractivity contribution >= 4 is 29.4 Å². The van der Waals surface area contributed by atoms with Gasteiger partial charge in [-0.2, -0.15) is 0 Å². The number of amides is 4. The van der Waals surface area contributed by atoms with Gasteiger partial charge in [0.2, 0.25) is 5.91 Å². The number of halogens is 3. The number of aliphatic hydroxyl groups is 1. The minimum Gasteiger partial charge on any atom is -0.395 e. The molecule has 4 amide bonds. The number of rotatable bonds is 6. The zero-order valence-electron chi connectivity index (χ0n) is 16.7. The maximum atomic E-state index is 15.2. The van der Waals surface area contributed by atoms with E-state index < -0.39 is 59.4 Å². The third-order valence-electron chi connectivity index (χ3n) is 7.25. The summed E-state index contributed by atoms with van der Waals surface area (Å²) >= 11 is 5.97. The molecule has 3 aliphatic rings. The normalized spacial score (nSPS) is 29.4. The van der Waals surface area contributed by atoms with Crippen LogP contribution in [-0.4, -0.2) is 46.5 Å². The molecule has 2 aliphatic carbocycles. The molecule has 1 heterocycles. The average Bonchev–Trinajstić information content (AvgIpc) is 3.30. The lowest BCUT2D eigenvalue weighted by Gasteiger charge is -2.57. The van der Waals surface area contributed by atoms with Crippen molar-refractivity contribution < 1.29 is 28.3 Å². The second-order valence-corrected chi connectivity index (χ2v) is 9.03. The molecule has 1 aromatic carbocycles. The van der Waals surface area contributed by atoms with Crippen LogP contribution in [0.15, 0.2) is 12.1 Å². The molecule has 3 unspecified atom stereocenters. The number of nitrogens with zero attached hydrogens (tertiary/aromatic N) is 1. The Morgan fingerprint density at radius 3 is 2.61 bits per heavy atom. The van der Waals surface area contributed by atoms with E-state index in [2.05, 4.69) is 5.32 Å². The molecule has 0 radical (unpaired) electrons. The van der Waals surface area contributed by atoms with Gasteiger partial charge in [0, 0.05) is 23.9 Å². The summed E-state index contributed by atoms with van der Waals surface area (Å²) in [5.41, 5.74) is 3.84. The fourth-order valence-corrected chi connectivity index (χ4v) is 6.15. The molecule has 3 fully saturated rings. The Hall–Kier alpha value is -2.26. The molecule has 1 aliphatic heterocycles. The molecule has 7 nitrogen and oxygen atoms in total. The van der Waals surface area contributed by atoms with Gasteiger partial charge in [-0.05, 0) is 43.2 Å². The number of hydrogen-bond acceptors (Lipinski definition) is 4. The Morgan fingerprint density at radius 2 is 2.00 bits per heavy atom. The Kier molecular flexibility index (Phi) is 5.68. The van der Waals surface area contributed by atoms with Crippen LogP contribution in [0.4, 0.5) is 13.6 Å². The first kappa shape index (κ1) is 22.0. The van der Waals surface area contributed by atoms with Crippen LogP contribution in [-0.2, 0) is 9.59 Å². The molecule has 10 heteroatoms. The monoisotopic (exact) mass is 455 g/mol. The summed E-state index contributed by atoms with van der Waals surface area (Å²) in [5.74, 6) is -5.98. The Bertz CT molecular complexity index is 939. The summed E-state index contributed by atoms with van der Waals surface area (Å²) < 4.78 is 30.2. The number of nitrogens with two attached hydrogens (primary N) is 1. The minimum atomic E-state index is -1.51. The SMILES string of the molecule is NC(=O)C1CC2(C(=O)NC(=O)N2CCO)C1[C@@H](c1c(F)ccc(Cl)c1F)C1CCCC1. The number of hydrogen-bond donors (Lipinski definition) is 3. The maximum absolute atomic E-state index is 15.2. The highest BCUT2D eigenvalue weighted by atomic mass is 35.5. The fourth-order valence-electron chi connectivity index (χ4n) is 5.98. The van der Waals surface area contributed by atoms with Crippen LogP contribution in [0, 0.1) is 29.4 Å². The Balaban J connectivity index is 1.91. The van der Waals surface area contributed by atoms with E-state index in [1.807, 2.05) is 0 Å². The largest absolute Gasteiger partial charge is 0.395 e. The first-order valence-corrected chi connectivity index (χ1v) is 10.8. The summed E-state index contributed by atoms with van der Waals surface area (Å²) in [6, 6.07) is 1.48. The predicted molar refractivity (Wildman–Crippen MR) is 107 cm³/mol. The molecule has 168 valence electrons. The summed E-state index contributed by atoms with van der Waals surface area (Å²) in [5, 5.41) is 11.5. The van der Waals surface area contributed by atoms with Crippen LogP contribution in [0.1, 0.15) is 43.6 Å². The summed E-state index contributed by atoms with van der Waals surface area (Å²) in [4.78, 5) is 39.0. The Morgan fingerprint density at radius 1 is 1.32 bits per heavy atom. The van der Waals surface area contributed by atoms with Gasteiger partial charge in [0.25, 0.3) is 5.91 Å². The van der Waals surface area contributed by atoms with Crippen molar-refractivity contribution in [3.63, 3.8) is 0 Å². The van der Waals surface area contributed by atoms with E-state index in [4.69, 9.17) is 17.3 Å². The Labute approximate surface area is 182 Å². The number of aliphatic hydroxyl groups excluding tert-OH is 1. The molecule has 1 saturated heterocycles. The zero-order chi connectivity index (χ0) is 22.5. The highest BCUT2D eigenvalue weighted by molar-refractivity contribution is 6.30. The molecule has 0 aromatic heterocycles. The number of benzene rings is 1. The number of β-amino-alcohol motifs (C(OH)–C–C–N with tert-alkyl or cyclic N) is 1. The van der Waals surface area contributed by atoms with Gasteiger partial charge >= 0.3 is 6.03 Å². The molecule has 2 saturated carbocycles. The van der Waals surface area contributed by atoms with Crippen molar-refractivity contribution in [1.82, 2.24) is 10.2 Å². The van der Waals surface area contributed by atoms with E-state index in [-0.39, 0.29) is 29.5 Å². The smallest absolute Gasteiger partial charge is 0.325 e. The number of urea groups is 1. The average molecular weight is 456 g/mol. The van der Waals surface area contributed by atoms with E-state index in [0.717, 1.165) is 25.0 Å². The van der Waals surface area contributed by atoms with Crippen molar-refractivity contribution in [2.75, 3.05) is 13.2 Å². The molecule has 1 aromatic rings.